The Morgan fingerprint density at radius 1 is 1.08 bits per heavy atom. The van der Waals surface area contributed by atoms with Gasteiger partial charge in [-0.25, -0.2) is 4.98 Å². The molecule has 0 radical (unpaired) electrons. The molecule has 0 bridgehead atoms. The van der Waals surface area contributed by atoms with Crippen LogP contribution in [0.2, 0.25) is 0 Å². The Balaban J connectivity index is 1.70. The Labute approximate surface area is 212 Å². The molecular weight excluding hydrogens is 452 g/mol. The summed E-state index contributed by atoms with van der Waals surface area (Å²) in [6.45, 7) is 6.23. The Kier molecular flexibility index (Phi) is 7.77. The highest BCUT2D eigenvalue weighted by Crippen LogP contribution is 2.29. The third-order valence-corrected chi connectivity index (χ3v) is 6.58. The van der Waals surface area contributed by atoms with E-state index in [1.54, 1.807) is 6.07 Å². The first-order valence-corrected chi connectivity index (χ1v) is 12.8. The maximum atomic E-state index is 13.5. The summed E-state index contributed by atoms with van der Waals surface area (Å²) in [5, 5.41) is 16.1. The van der Waals surface area contributed by atoms with E-state index < -0.39 is 12.0 Å². The number of hydrogen-bond donors (Lipinski definition) is 3. The molecule has 1 unspecified atom stereocenters. The molecule has 0 aliphatic heterocycles. The highest BCUT2D eigenvalue weighted by Gasteiger charge is 2.28. The van der Waals surface area contributed by atoms with E-state index >= 15 is 0 Å². The number of fused-ring (bicyclic) bond motifs is 1. The zero-order valence-electron chi connectivity index (χ0n) is 21.3. The number of carboxylic acids is 1. The van der Waals surface area contributed by atoms with E-state index in [0.717, 1.165) is 42.8 Å². The molecule has 7 heteroatoms. The third-order valence-electron chi connectivity index (χ3n) is 6.58. The molecule has 3 N–H and O–H groups in total. The van der Waals surface area contributed by atoms with E-state index in [2.05, 4.69) is 31.4 Å². The number of carboxylic acid groups (broad SMARTS) is 1. The summed E-state index contributed by atoms with van der Waals surface area (Å²) in [6, 6.07) is 13.2. The summed E-state index contributed by atoms with van der Waals surface area (Å²) in [6.07, 6.45) is 11.0. The maximum absolute atomic E-state index is 13.5. The van der Waals surface area contributed by atoms with Gasteiger partial charge in [-0.15, -0.1) is 0 Å². The summed E-state index contributed by atoms with van der Waals surface area (Å²) >= 11 is 0. The molecule has 0 spiro atoms. The Morgan fingerprint density at radius 3 is 2.47 bits per heavy atom. The van der Waals surface area contributed by atoms with Crippen LogP contribution >= 0.6 is 0 Å². The van der Waals surface area contributed by atoms with Crippen LogP contribution < -0.4 is 10.6 Å². The summed E-state index contributed by atoms with van der Waals surface area (Å²) in [5.41, 5.74) is 2.52. The van der Waals surface area contributed by atoms with Gasteiger partial charge >= 0.3 is 5.97 Å². The first kappa shape index (κ1) is 25.5. The first-order valence-electron chi connectivity index (χ1n) is 12.8. The van der Waals surface area contributed by atoms with Gasteiger partial charge in [0.1, 0.15) is 11.5 Å². The number of carbonyl (C=O) groups excluding carboxylic acids is 1. The second-order valence-corrected chi connectivity index (χ2v) is 10.7. The number of carbonyl (C=O) groups is 2. The van der Waals surface area contributed by atoms with Crippen molar-refractivity contribution >= 4 is 35.5 Å². The number of pyridine rings is 1. The lowest BCUT2D eigenvalue weighted by Crippen LogP contribution is -2.42. The zero-order chi connectivity index (χ0) is 25.7. The van der Waals surface area contributed by atoms with Gasteiger partial charge in [-0.1, -0.05) is 55.7 Å². The quantitative estimate of drug-likeness (QED) is 0.369. The fourth-order valence-corrected chi connectivity index (χ4v) is 4.90. The second-order valence-electron chi connectivity index (χ2n) is 10.7. The molecule has 1 saturated carbocycles. The Morgan fingerprint density at radius 2 is 1.81 bits per heavy atom. The van der Waals surface area contributed by atoms with Crippen molar-refractivity contribution in [3.05, 3.63) is 65.5 Å². The van der Waals surface area contributed by atoms with E-state index in [9.17, 15) is 14.7 Å². The molecule has 7 nitrogen and oxygen atoms in total. The zero-order valence-corrected chi connectivity index (χ0v) is 21.3. The van der Waals surface area contributed by atoms with Crippen LogP contribution in [0.4, 0.5) is 5.82 Å². The highest BCUT2D eigenvalue weighted by molar-refractivity contribution is 6.01. The molecule has 36 heavy (non-hydrogen) atoms. The molecule has 190 valence electrons. The minimum atomic E-state index is -0.894. The fourth-order valence-electron chi connectivity index (χ4n) is 4.90. The molecule has 1 aliphatic rings. The number of aliphatic carboxylic acids is 1. The number of anilines is 1. The average molecular weight is 489 g/mol. The van der Waals surface area contributed by atoms with Gasteiger partial charge in [0.2, 0.25) is 0 Å². The fraction of sp³-hybridized carbons (Fsp3) is 0.414. The minimum Gasteiger partial charge on any atom is -0.481 e. The van der Waals surface area contributed by atoms with Crippen LogP contribution in [0.1, 0.15) is 80.9 Å². The highest BCUT2D eigenvalue weighted by atomic mass is 16.4. The SMILES string of the molecule is CC(C)(C)Nc1c(C=Cc2ccccc2)nc2c(C(=O)NC(CC(=O)O)C3CCCCC3)cccn12. The van der Waals surface area contributed by atoms with Crippen molar-refractivity contribution in [3.8, 4) is 0 Å². The Hall–Kier alpha value is -3.61. The molecule has 4 rings (SSSR count). The van der Waals surface area contributed by atoms with Crippen LogP contribution in [0.3, 0.4) is 0 Å². The number of imidazole rings is 1. The van der Waals surface area contributed by atoms with Crippen molar-refractivity contribution < 1.29 is 14.7 Å². The van der Waals surface area contributed by atoms with Gasteiger partial charge in [-0.05, 0) is 63.3 Å². The summed E-state index contributed by atoms with van der Waals surface area (Å²) in [7, 11) is 0. The molecule has 3 aromatic rings. The van der Waals surface area contributed by atoms with Crippen molar-refractivity contribution in [3.63, 3.8) is 0 Å². The monoisotopic (exact) mass is 488 g/mol. The number of rotatable bonds is 8. The third kappa shape index (κ3) is 6.33. The van der Waals surface area contributed by atoms with Gasteiger partial charge in [-0.2, -0.15) is 0 Å². The normalized spacial score (nSPS) is 15.8. The molecule has 1 aliphatic carbocycles. The first-order chi connectivity index (χ1) is 17.2. The number of nitrogens with one attached hydrogen (secondary N) is 2. The lowest BCUT2D eigenvalue weighted by Gasteiger charge is -2.30. The molecule has 1 amide bonds. The van der Waals surface area contributed by atoms with Crippen molar-refractivity contribution in [2.24, 2.45) is 5.92 Å². The Bertz CT molecular complexity index is 1230. The molecule has 1 fully saturated rings. The van der Waals surface area contributed by atoms with Crippen LogP contribution in [0, 0.1) is 5.92 Å². The van der Waals surface area contributed by atoms with Gasteiger partial charge in [0, 0.05) is 17.8 Å². The number of nitrogens with zero attached hydrogens (tertiary/aromatic N) is 2. The van der Waals surface area contributed by atoms with Crippen molar-refractivity contribution in [2.45, 2.75) is 70.9 Å². The summed E-state index contributed by atoms with van der Waals surface area (Å²) < 4.78 is 1.90. The van der Waals surface area contributed by atoms with Crippen LogP contribution in [0.25, 0.3) is 17.8 Å². The predicted octanol–water partition coefficient (Wildman–Crippen LogP) is 5.87. The lowest BCUT2D eigenvalue weighted by atomic mass is 9.82. The maximum Gasteiger partial charge on any atom is 0.305 e. The largest absolute Gasteiger partial charge is 0.481 e. The molecule has 1 aromatic carbocycles. The molecule has 0 saturated heterocycles. The van der Waals surface area contributed by atoms with Gasteiger partial charge < -0.3 is 15.7 Å². The summed E-state index contributed by atoms with van der Waals surface area (Å²) in [4.78, 5) is 29.9. The van der Waals surface area contributed by atoms with Gasteiger partial charge in [0.05, 0.1) is 12.0 Å². The van der Waals surface area contributed by atoms with Crippen LogP contribution in [-0.2, 0) is 4.79 Å². The van der Waals surface area contributed by atoms with Crippen molar-refractivity contribution in [1.29, 1.82) is 0 Å². The van der Waals surface area contributed by atoms with Gasteiger partial charge in [-0.3, -0.25) is 14.0 Å². The second kappa shape index (κ2) is 11.0. The molecule has 2 aromatic heterocycles. The topological polar surface area (TPSA) is 95.7 Å². The smallest absolute Gasteiger partial charge is 0.305 e. The summed E-state index contributed by atoms with van der Waals surface area (Å²) in [5.74, 6) is -0.201. The van der Waals surface area contributed by atoms with Crippen molar-refractivity contribution in [2.75, 3.05) is 5.32 Å². The van der Waals surface area contributed by atoms with Crippen LogP contribution in [0.5, 0.6) is 0 Å². The van der Waals surface area contributed by atoms with E-state index in [1.165, 1.54) is 6.42 Å². The molecular formula is C29H36N4O3. The minimum absolute atomic E-state index is 0.0736. The van der Waals surface area contributed by atoms with Gasteiger partial charge in [0.15, 0.2) is 5.65 Å². The number of amides is 1. The molecule has 1 atom stereocenters. The van der Waals surface area contributed by atoms with Crippen molar-refractivity contribution in [1.82, 2.24) is 14.7 Å². The van der Waals surface area contributed by atoms with Crippen LogP contribution in [0.15, 0.2) is 48.7 Å². The number of hydrogen-bond acceptors (Lipinski definition) is 4. The van der Waals surface area contributed by atoms with E-state index in [1.807, 2.05) is 59.1 Å². The van der Waals surface area contributed by atoms with Gasteiger partial charge in [0.25, 0.3) is 5.91 Å². The van der Waals surface area contributed by atoms with E-state index in [-0.39, 0.29) is 23.8 Å². The average Bonchev–Trinajstić information content (AvgIpc) is 3.19. The predicted molar refractivity (Wildman–Crippen MR) is 144 cm³/mol. The number of benzene rings is 1. The standard InChI is InChI=1S/C29H36N4O3/c1-29(2,3)32-27-23(17-16-20-11-6-4-7-12-20)30-26-22(15-10-18-33(26)27)28(36)31-24(19-25(34)35)21-13-8-5-9-14-21/h4,6-7,10-12,15-18,21,24,32H,5,8-9,13-14,19H2,1-3H3,(H,31,36)(H,34,35). The lowest BCUT2D eigenvalue weighted by molar-refractivity contribution is -0.137. The molecule has 2 heterocycles. The van der Waals surface area contributed by atoms with Crippen LogP contribution in [-0.4, -0.2) is 37.9 Å². The van der Waals surface area contributed by atoms with E-state index in [0.29, 0.717) is 11.2 Å². The van der Waals surface area contributed by atoms with E-state index in [4.69, 9.17) is 4.98 Å². The number of aromatic nitrogens is 2.